The van der Waals surface area contributed by atoms with Gasteiger partial charge in [0.1, 0.15) is 0 Å². The van der Waals surface area contributed by atoms with E-state index in [-0.39, 0.29) is 12.6 Å². The molecule has 2 N–H and O–H groups in total. The number of rotatable bonds is 2. The highest BCUT2D eigenvalue weighted by Gasteiger charge is 2.30. The maximum Gasteiger partial charge on any atom is 0.317 e. The van der Waals surface area contributed by atoms with E-state index in [0.717, 1.165) is 25.9 Å². The molecule has 0 unspecified atom stereocenters. The second-order valence-corrected chi connectivity index (χ2v) is 4.74. The number of carbonyl (C=O) groups is 1. The van der Waals surface area contributed by atoms with E-state index >= 15 is 0 Å². The summed E-state index contributed by atoms with van der Waals surface area (Å²) < 4.78 is 0. The standard InChI is InChI=1S/C11H20N2O2/c14-8-9-6-13(7-9)11(15)12-10-4-2-1-3-5-10/h9-10,14H,1-8H2,(H,12,15). The lowest BCUT2D eigenvalue weighted by atomic mass is 9.95. The van der Waals surface area contributed by atoms with Crippen molar-refractivity contribution < 1.29 is 9.90 Å². The summed E-state index contributed by atoms with van der Waals surface area (Å²) in [4.78, 5) is 13.5. The molecule has 4 nitrogen and oxygen atoms in total. The van der Waals surface area contributed by atoms with Crippen LogP contribution in [-0.4, -0.2) is 41.8 Å². The largest absolute Gasteiger partial charge is 0.396 e. The van der Waals surface area contributed by atoms with Crippen LogP contribution in [-0.2, 0) is 0 Å². The molecule has 0 spiro atoms. The van der Waals surface area contributed by atoms with Gasteiger partial charge in [-0.2, -0.15) is 0 Å². The quantitative estimate of drug-likeness (QED) is 0.716. The van der Waals surface area contributed by atoms with Crippen LogP contribution in [0.1, 0.15) is 32.1 Å². The van der Waals surface area contributed by atoms with E-state index in [1.165, 1.54) is 19.3 Å². The average Bonchev–Trinajstić information content (AvgIpc) is 2.17. The van der Waals surface area contributed by atoms with Crippen LogP contribution in [0.25, 0.3) is 0 Å². The molecule has 1 heterocycles. The molecule has 1 saturated heterocycles. The summed E-state index contributed by atoms with van der Waals surface area (Å²) in [5.41, 5.74) is 0. The van der Waals surface area contributed by atoms with Crippen molar-refractivity contribution in [1.29, 1.82) is 0 Å². The predicted octanol–water partition coefficient (Wildman–Crippen LogP) is 0.953. The number of urea groups is 1. The molecule has 0 radical (unpaired) electrons. The fraction of sp³-hybridized carbons (Fsp3) is 0.909. The van der Waals surface area contributed by atoms with Crippen molar-refractivity contribution in [1.82, 2.24) is 10.2 Å². The summed E-state index contributed by atoms with van der Waals surface area (Å²) in [6.45, 7) is 1.64. The number of amides is 2. The Kier molecular flexibility index (Phi) is 3.46. The first-order chi connectivity index (χ1) is 7.29. The van der Waals surface area contributed by atoms with Crippen LogP contribution < -0.4 is 5.32 Å². The highest BCUT2D eigenvalue weighted by atomic mass is 16.3. The molecule has 1 aliphatic heterocycles. The maximum atomic E-state index is 11.7. The summed E-state index contributed by atoms with van der Waals surface area (Å²) in [5.74, 6) is 0.308. The summed E-state index contributed by atoms with van der Waals surface area (Å²) >= 11 is 0. The molecule has 86 valence electrons. The lowest BCUT2D eigenvalue weighted by Crippen LogP contribution is -2.56. The minimum Gasteiger partial charge on any atom is -0.396 e. The van der Waals surface area contributed by atoms with Crippen molar-refractivity contribution in [3.8, 4) is 0 Å². The highest BCUT2D eigenvalue weighted by Crippen LogP contribution is 2.19. The van der Waals surface area contributed by atoms with Crippen LogP contribution in [0.3, 0.4) is 0 Å². The van der Waals surface area contributed by atoms with Gasteiger partial charge >= 0.3 is 6.03 Å². The predicted molar refractivity (Wildman–Crippen MR) is 57.6 cm³/mol. The number of aliphatic hydroxyl groups is 1. The number of hydrogen-bond acceptors (Lipinski definition) is 2. The number of likely N-dealkylation sites (tertiary alicyclic amines) is 1. The van der Waals surface area contributed by atoms with Crippen LogP contribution in [0, 0.1) is 5.92 Å². The van der Waals surface area contributed by atoms with Crippen LogP contribution >= 0.6 is 0 Å². The van der Waals surface area contributed by atoms with Gasteiger partial charge < -0.3 is 15.3 Å². The number of aliphatic hydroxyl groups excluding tert-OH is 1. The molecule has 2 aliphatic rings. The molecule has 2 amide bonds. The number of nitrogens with one attached hydrogen (secondary N) is 1. The molecular weight excluding hydrogens is 192 g/mol. The molecule has 0 atom stereocenters. The first-order valence-electron chi connectivity index (χ1n) is 5.96. The fourth-order valence-corrected chi connectivity index (χ4v) is 2.36. The Morgan fingerprint density at radius 2 is 1.93 bits per heavy atom. The first-order valence-corrected chi connectivity index (χ1v) is 5.96. The molecule has 2 rings (SSSR count). The summed E-state index contributed by atoms with van der Waals surface area (Å²) in [5, 5.41) is 11.9. The monoisotopic (exact) mass is 212 g/mol. The number of hydrogen-bond donors (Lipinski definition) is 2. The van der Waals surface area contributed by atoms with Gasteiger partial charge in [0.15, 0.2) is 0 Å². The first kappa shape index (κ1) is 10.7. The van der Waals surface area contributed by atoms with Crippen molar-refractivity contribution >= 4 is 6.03 Å². The lowest BCUT2D eigenvalue weighted by Gasteiger charge is -2.39. The Labute approximate surface area is 90.6 Å². The van der Waals surface area contributed by atoms with Gasteiger partial charge in [0, 0.05) is 31.7 Å². The van der Waals surface area contributed by atoms with Gasteiger partial charge in [-0.1, -0.05) is 19.3 Å². The Morgan fingerprint density at radius 1 is 1.27 bits per heavy atom. The molecular formula is C11H20N2O2. The van der Waals surface area contributed by atoms with Gasteiger partial charge in [-0.3, -0.25) is 0 Å². The SMILES string of the molecule is O=C(NC1CCCCC1)N1CC(CO)C1. The van der Waals surface area contributed by atoms with E-state index in [9.17, 15) is 4.79 Å². The van der Waals surface area contributed by atoms with Crippen molar-refractivity contribution in [2.75, 3.05) is 19.7 Å². The van der Waals surface area contributed by atoms with Crippen molar-refractivity contribution in [3.05, 3.63) is 0 Å². The van der Waals surface area contributed by atoms with Crippen LogP contribution in [0.15, 0.2) is 0 Å². The van der Waals surface area contributed by atoms with E-state index in [1.54, 1.807) is 4.90 Å². The maximum absolute atomic E-state index is 11.7. The number of nitrogens with zero attached hydrogens (tertiary/aromatic N) is 1. The second-order valence-electron chi connectivity index (χ2n) is 4.74. The van der Waals surface area contributed by atoms with E-state index in [0.29, 0.717) is 12.0 Å². The third kappa shape index (κ3) is 2.62. The van der Waals surface area contributed by atoms with Crippen molar-refractivity contribution in [2.24, 2.45) is 5.92 Å². The normalized spacial score (nSPS) is 23.7. The Hall–Kier alpha value is -0.770. The fourth-order valence-electron chi connectivity index (χ4n) is 2.36. The Bertz CT molecular complexity index is 221. The minimum atomic E-state index is 0.0617. The van der Waals surface area contributed by atoms with Gasteiger partial charge in [-0.25, -0.2) is 4.79 Å². The van der Waals surface area contributed by atoms with Gasteiger partial charge in [0.25, 0.3) is 0 Å². The molecule has 4 heteroatoms. The summed E-state index contributed by atoms with van der Waals surface area (Å²) in [6, 6.07) is 0.450. The zero-order valence-corrected chi connectivity index (χ0v) is 9.11. The zero-order chi connectivity index (χ0) is 10.7. The van der Waals surface area contributed by atoms with Crippen molar-refractivity contribution in [3.63, 3.8) is 0 Å². The van der Waals surface area contributed by atoms with Crippen LogP contribution in [0.5, 0.6) is 0 Å². The molecule has 1 aliphatic carbocycles. The third-order valence-corrected chi connectivity index (χ3v) is 3.44. The molecule has 15 heavy (non-hydrogen) atoms. The van der Waals surface area contributed by atoms with Gasteiger partial charge in [-0.05, 0) is 12.8 Å². The topological polar surface area (TPSA) is 52.6 Å². The number of carbonyl (C=O) groups excluding carboxylic acids is 1. The molecule has 0 bridgehead atoms. The van der Waals surface area contributed by atoms with Gasteiger partial charge in [-0.15, -0.1) is 0 Å². The van der Waals surface area contributed by atoms with E-state index < -0.39 is 0 Å². The summed E-state index contributed by atoms with van der Waals surface area (Å²) in [7, 11) is 0. The zero-order valence-electron chi connectivity index (χ0n) is 9.11. The molecule has 1 saturated carbocycles. The van der Waals surface area contributed by atoms with Gasteiger partial charge in [0.2, 0.25) is 0 Å². The summed E-state index contributed by atoms with van der Waals surface area (Å²) in [6.07, 6.45) is 6.04. The van der Waals surface area contributed by atoms with Crippen LogP contribution in [0.4, 0.5) is 4.79 Å². The van der Waals surface area contributed by atoms with Crippen LogP contribution in [0.2, 0.25) is 0 Å². The Morgan fingerprint density at radius 3 is 2.53 bits per heavy atom. The average molecular weight is 212 g/mol. The lowest BCUT2D eigenvalue weighted by molar-refractivity contribution is 0.0755. The highest BCUT2D eigenvalue weighted by molar-refractivity contribution is 5.75. The molecule has 0 aromatic heterocycles. The smallest absolute Gasteiger partial charge is 0.317 e. The second kappa shape index (κ2) is 4.84. The molecule has 0 aromatic carbocycles. The Balaban J connectivity index is 1.68. The third-order valence-electron chi connectivity index (χ3n) is 3.44. The minimum absolute atomic E-state index is 0.0617. The molecule has 2 fully saturated rings. The molecule has 0 aromatic rings. The van der Waals surface area contributed by atoms with E-state index in [1.807, 2.05) is 0 Å². The van der Waals surface area contributed by atoms with Gasteiger partial charge in [0.05, 0.1) is 0 Å². The van der Waals surface area contributed by atoms with Crippen molar-refractivity contribution in [2.45, 2.75) is 38.1 Å². The van der Waals surface area contributed by atoms with E-state index in [4.69, 9.17) is 5.11 Å². The van der Waals surface area contributed by atoms with E-state index in [2.05, 4.69) is 5.32 Å².